The van der Waals surface area contributed by atoms with E-state index < -0.39 is 5.54 Å². The maximum absolute atomic E-state index is 12.4. The van der Waals surface area contributed by atoms with Crippen LogP contribution in [0.25, 0.3) is 11.5 Å². The molecule has 0 spiro atoms. The summed E-state index contributed by atoms with van der Waals surface area (Å²) in [6, 6.07) is 7.32. The van der Waals surface area contributed by atoms with Crippen molar-refractivity contribution in [3.05, 3.63) is 30.2 Å². The average molecular weight is 286 g/mol. The summed E-state index contributed by atoms with van der Waals surface area (Å²) in [7, 11) is 0. The van der Waals surface area contributed by atoms with Crippen molar-refractivity contribution in [1.29, 1.82) is 0 Å². The van der Waals surface area contributed by atoms with Crippen molar-refractivity contribution in [2.45, 2.75) is 32.2 Å². The predicted octanol–water partition coefficient (Wildman–Crippen LogP) is 2.11. The normalized spacial score (nSPS) is 17.3. The first kappa shape index (κ1) is 13.8. The lowest BCUT2D eigenvalue weighted by Crippen LogP contribution is -2.50. The summed E-state index contributed by atoms with van der Waals surface area (Å²) in [5, 5.41) is 10.7. The van der Waals surface area contributed by atoms with E-state index in [9.17, 15) is 4.79 Å². The monoisotopic (exact) mass is 286 g/mol. The number of rotatable bonds is 4. The first-order valence-corrected chi connectivity index (χ1v) is 6.98. The summed E-state index contributed by atoms with van der Waals surface area (Å²) in [6.45, 7) is 3.50. The first-order valence-electron chi connectivity index (χ1n) is 6.98. The molecule has 3 N–H and O–H groups in total. The van der Waals surface area contributed by atoms with Gasteiger partial charge in [-0.3, -0.25) is 4.79 Å². The number of hydrogen-bond acceptors (Lipinski definition) is 5. The van der Waals surface area contributed by atoms with Gasteiger partial charge in [-0.2, -0.15) is 0 Å². The van der Waals surface area contributed by atoms with Crippen molar-refractivity contribution in [3.8, 4) is 11.5 Å². The van der Waals surface area contributed by atoms with E-state index >= 15 is 0 Å². The van der Waals surface area contributed by atoms with E-state index in [4.69, 9.17) is 10.2 Å². The SMILES string of the molecule is Cc1nnc(-c2ccccc2NC(=O)C(C)(N)C2CC2)o1. The van der Waals surface area contributed by atoms with Gasteiger partial charge < -0.3 is 15.5 Å². The third-order valence-corrected chi connectivity index (χ3v) is 3.85. The minimum Gasteiger partial charge on any atom is -0.421 e. The Labute approximate surface area is 122 Å². The molecule has 21 heavy (non-hydrogen) atoms. The number of benzene rings is 1. The third kappa shape index (κ3) is 2.67. The van der Waals surface area contributed by atoms with Crippen molar-refractivity contribution in [2.24, 2.45) is 11.7 Å². The Kier molecular flexibility index (Phi) is 3.25. The highest BCUT2D eigenvalue weighted by molar-refractivity contribution is 6.00. The Morgan fingerprint density at radius 2 is 2.10 bits per heavy atom. The van der Waals surface area contributed by atoms with Crippen molar-refractivity contribution in [1.82, 2.24) is 10.2 Å². The number of carbonyl (C=O) groups excluding carboxylic acids is 1. The van der Waals surface area contributed by atoms with Gasteiger partial charge in [0.25, 0.3) is 0 Å². The lowest BCUT2D eigenvalue weighted by atomic mass is 9.96. The standard InChI is InChI=1S/C15H18N4O2/c1-9-18-19-13(21-9)11-5-3-4-6-12(11)17-14(20)15(2,16)10-7-8-10/h3-6,10H,7-8,16H2,1-2H3,(H,17,20). The number of nitrogens with zero attached hydrogens (tertiary/aromatic N) is 2. The molecule has 1 saturated carbocycles. The Morgan fingerprint density at radius 1 is 1.38 bits per heavy atom. The Balaban J connectivity index is 1.87. The minimum atomic E-state index is -0.849. The van der Waals surface area contributed by atoms with Crippen LogP contribution in [0.4, 0.5) is 5.69 Å². The Hall–Kier alpha value is -2.21. The minimum absolute atomic E-state index is 0.186. The highest BCUT2D eigenvalue weighted by Crippen LogP contribution is 2.39. The number of carbonyl (C=O) groups is 1. The molecule has 0 aliphatic heterocycles. The third-order valence-electron chi connectivity index (χ3n) is 3.85. The van der Waals surface area contributed by atoms with Gasteiger partial charge in [0.2, 0.25) is 17.7 Å². The zero-order valence-electron chi connectivity index (χ0n) is 12.1. The number of nitrogens with two attached hydrogens (primary N) is 1. The van der Waals surface area contributed by atoms with Gasteiger partial charge in [0, 0.05) is 6.92 Å². The van der Waals surface area contributed by atoms with E-state index in [0.717, 1.165) is 12.8 Å². The summed E-state index contributed by atoms with van der Waals surface area (Å²) in [6.07, 6.45) is 2.01. The summed E-state index contributed by atoms with van der Waals surface area (Å²) >= 11 is 0. The lowest BCUT2D eigenvalue weighted by molar-refractivity contribution is -0.121. The molecule has 6 nitrogen and oxygen atoms in total. The molecule has 1 aliphatic rings. The Morgan fingerprint density at radius 3 is 2.71 bits per heavy atom. The molecule has 1 fully saturated rings. The number of hydrogen-bond donors (Lipinski definition) is 2. The fourth-order valence-electron chi connectivity index (χ4n) is 2.31. The van der Waals surface area contributed by atoms with Crippen LogP contribution in [-0.4, -0.2) is 21.6 Å². The van der Waals surface area contributed by atoms with Crippen LogP contribution in [0.5, 0.6) is 0 Å². The molecule has 1 unspecified atom stereocenters. The van der Waals surface area contributed by atoms with E-state index in [1.807, 2.05) is 18.2 Å². The fourth-order valence-corrected chi connectivity index (χ4v) is 2.31. The summed E-state index contributed by atoms with van der Waals surface area (Å²) in [5.74, 6) is 0.935. The molecule has 6 heteroatoms. The molecule has 0 bridgehead atoms. The molecule has 2 aromatic rings. The topological polar surface area (TPSA) is 94.0 Å². The van der Waals surface area contributed by atoms with Crippen LogP contribution < -0.4 is 11.1 Å². The van der Waals surface area contributed by atoms with Gasteiger partial charge in [-0.15, -0.1) is 10.2 Å². The second-order valence-corrected chi connectivity index (χ2v) is 5.68. The maximum Gasteiger partial charge on any atom is 0.249 e. The van der Waals surface area contributed by atoms with Gasteiger partial charge in [0.15, 0.2) is 0 Å². The lowest BCUT2D eigenvalue weighted by Gasteiger charge is -2.23. The average Bonchev–Trinajstić information content (AvgIpc) is 3.23. The van der Waals surface area contributed by atoms with Crippen LogP contribution >= 0.6 is 0 Å². The second kappa shape index (κ2) is 4.96. The summed E-state index contributed by atoms with van der Waals surface area (Å²) in [4.78, 5) is 12.4. The summed E-state index contributed by atoms with van der Waals surface area (Å²) < 4.78 is 5.43. The van der Waals surface area contributed by atoms with Gasteiger partial charge in [-0.05, 0) is 37.8 Å². The molecule has 1 heterocycles. The maximum atomic E-state index is 12.4. The van der Waals surface area contributed by atoms with Crippen LogP contribution in [0.2, 0.25) is 0 Å². The summed E-state index contributed by atoms with van der Waals surface area (Å²) in [5.41, 5.74) is 6.61. The molecule has 1 aromatic heterocycles. The number of amides is 1. The van der Waals surface area contributed by atoms with E-state index in [0.29, 0.717) is 23.0 Å². The van der Waals surface area contributed by atoms with E-state index in [2.05, 4.69) is 15.5 Å². The van der Waals surface area contributed by atoms with E-state index in [1.54, 1.807) is 19.9 Å². The molecule has 0 radical (unpaired) electrons. The van der Waals surface area contributed by atoms with Crippen LogP contribution in [-0.2, 0) is 4.79 Å². The molecule has 1 aliphatic carbocycles. The molecule has 3 rings (SSSR count). The highest BCUT2D eigenvalue weighted by Gasteiger charge is 2.44. The van der Waals surface area contributed by atoms with Crippen molar-refractivity contribution >= 4 is 11.6 Å². The van der Waals surface area contributed by atoms with Crippen LogP contribution in [0.1, 0.15) is 25.7 Å². The first-order chi connectivity index (χ1) is 9.98. The number of aryl methyl sites for hydroxylation is 1. The number of anilines is 1. The van der Waals surface area contributed by atoms with Crippen LogP contribution in [0.15, 0.2) is 28.7 Å². The van der Waals surface area contributed by atoms with E-state index in [-0.39, 0.29) is 11.8 Å². The molecular formula is C15H18N4O2. The van der Waals surface area contributed by atoms with Crippen LogP contribution in [0, 0.1) is 12.8 Å². The highest BCUT2D eigenvalue weighted by atomic mass is 16.4. The van der Waals surface area contributed by atoms with Gasteiger partial charge in [-0.25, -0.2) is 0 Å². The zero-order valence-corrected chi connectivity index (χ0v) is 12.1. The zero-order chi connectivity index (χ0) is 15.0. The molecule has 0 saturated heterocycles. The number of nitrogens with one attached hydrogen (secondary N) is 1. The number of aromatic nitrogens is 2. The van der Waals surface area contributed by atoms with Gasteiger partial charge in [0.05, 0.1) is 16.8 Å². The van der Waals surface area contributed by atoms with Gasteiger partial charge in [0.1, 0.15) is 0 Å². The van der Waals surface area contributed by atoms with Crippen LogP contribution in [0.3, 0.4) is 0 Å². The number of para-hydroxylation sites is 1. The molecule has 1 aromatic carbocycles. The van der Waals surface area contributed by atoms with E-state index in [1.165, 1.54) is 0 Å². The largest absolute Gasteiger partial charge is 0.421 e. The Bertz CT molecular complexity index is 674. The molecule has 1 atom stereocenters. The quantitative estimate of drug-likeness (QED) is 0.897. The predicted molar refractivity (Wildman–Crippen MR) is 78.4 cm³/mol. The van der Waals surface area contributed by atoms with Gasteiger partial charge in [-0.1, -0.05) is 12.1 Å². The van der Waals surface area contributed by atoms with Crippen molar-refractivity contribution in [2.75, 3.05) is 5.32 Å². The molecule has 1 amide bonds. The smallest absolute Gasteiger partial charge is 0.249 e. The van der Waals surface area contributed by atoms with Crippen molar-refractivity contribution < 1.29 is 9.21 Å². The second-order valence-electron chi connectivity index (χ2n) is 5.68. The molecular weight excluding hydrogens is 268 g/mol. The molecule has 110 valence electrons. The fraction of sp³-hybridized carbons (Fsp3) is 0.400. The van der Waals surface area contributed by atoms with Gasteiger partial charge >= 0.3 is 0 Å². The van der Waals surface area contributed by atoms with Crippen molar-refractivity contribution in [3.63, 3.8) is 0 Å².